The average molecular weight is 277 g/mol. The summed E-state index contributed by atoms with van der Waals surface area (Å²) in [5, 5.41) is 4.51. The van der Waals surface area contributed by atoms with E-state index in [1.54, 1.807) is 7.11 Å². The fraction of sp³-hybridized carbons (Fsp3) is 0.118. The predicted molar refractivity (Wildman–Crippen MR) is 83.7 cm³/mol. The lowest BCUT2D eigenvalue weighted by Gasteiger charge is -2.18. The van der Waals surface area contributed by atoms with Crippen LogP contribution in [0.5, 0.6) is 5.75 Å². The number of aromatic amines is 1. The first-order chi connectivity index (χ1) is 10.3. The predicted octanol–water partition coefficient (Wildman–Crippen LogP) is 3.57. The first-order valence-corrected chi connectivity index (χ1v) is 6.90. The van der Waals surface area contributed by atoms with E-state index in [9.17, 15) is 0 Å². The van der Waals surface area contributed by atoms with E-state index >= 15 is 0 Å². The summed E-state index contributed by atoms with van der Waals surface area (Å²) in [7, 11) is 1.69. The second kappa shape index (κ2) is 4.66. The Bertz CT molecular complexity index is 920. The highest BCUT2D eigenvalue weighted by Crippen LogP contribution is 2.25. The number of hydrogen-bond donors (Lipinski definition) is 1. The number of aromatic nitrogens is 3. The van der Waals surface area contributed by atoms with Crippen molar-refractivity contribution >= 4 is 21.9 Å². The summed E-state index contributed by atoms with van der Waals surface area (Å²) in [6, 6.07) is 16.3. The molecule has 0 amide bonds. The largest absolute Gasteiger partial charge is 0.497 e. The Morgan fingerprint density at radius 3 is 2.95 bits per heavy atom. The highest BCUT2D eigenvalue weighted by Gasteiger charge is 2.10. The number of H-pyrrole nitrogens is 1. The molecule has 0 aliphatic rings. The Morgan fingerprint density at radius 2 is 2.05 bits per heavy atom. The third-order valence-corrected chi connectivity index (χ3v) is 3.75. The van der Waals surface area contributed by atoms with Gasteiger partial charge in [0.1, 0.15) is 5.75 Å². The van der Waals surface area contributed by atoms with Crippen LogP contribution in [0.15, 0.2) is 54.7 Å². The van der Waals surface area contributed by atoms with Crippen LogP contribution < -0.4 is 4.74 Å². The van der Waals surface area contributed by atoms with Crippen molar-refractivity contribution in [2.75, 3.05) is 7.11 Å². The van der Waals surface area contributed by atoms with Gasteiger partial charge in [0.15, 0.2) is 0 Å². The number of benzene rings is 2. The number of methoxy groups -OCH3 is 1. The van der Waals surface area contributed by atoms with Gasteiger partial charge in [-0.3, -0.25) is 14.8 Å². The zero-order valence-electron chi connectivity index (χ0n) is 11.7. The molecular weight excluding hydrogens is 262 g/mol. The molecule has 0 aliphatic heterocycles. The Kier molecular flexibility index (Phi) is 2.67. The van der Waals surface area contributed by atoms with Crippen molar-refractivity contribution in [2.24, 2.45) is 0 Å². The van der Waals surface area contributed by atoms with E-state index in [0.717, 1.165) is 23.3 Å². The van der Waals surface area contributed by atoms with E-state index in [4.69, 9.17) is 4.74 Å². The van der Waals surface area contributed by atoms with Crippen molar-refractivity contribution in [3.8, 4) is 5.75 Å². The summed E-state index contributed by atoms with van der Waals surface area (Å²) in [4.78, 5) is 4.45. The molecule has 0 aliphatic carbocycles. The maximum Gasteiger partial charge on any atom is 0.119 e. The fourth-order valence-electron chi connectivity index (χ4n) is 2.72. The number of fused-ring (bicyclic) bond motifs is 3. The van der Waals surface area contributed by atoms with Gasteiger partial charge in [-0.1, -0.05) is 30.3 Å². The van der Waals surface area contributed by atoms with Crippen molar-refractivity contribution in [1.29, 1.82) is 0 Å². The van der Waals surface area contributed by atoms with Gasteiger partial charge in [-0.2, -0.15) is 0 Å². The normalized spacial score (nSPS) is 11.3. The summed E-state index contributed by atoms with van der Waals surface area (Å²) in [5.74, 6) is 0.882. The summed E-state index contributed by atoms with van der Waals surface area (Å²) in [5.41, 5.74) is 4.52. The number of hydrogen-bond acceptors (Lipinski definition) is 2. The molecule has 2 aromatic heterocycles. The molecule has 2 aromatic carbocycles. The van der Waals surface area contributed by atoms with Crippen LogP contribution in [0.25, 0.3) is 21.9 Å². The third kappa shape index (κ3) is 1.96. The van der Waals surface area contributed by atoms with Gasteiger partial charge in [0.25, 0.3) is 0 Å². The van der Waals surface area contributed by atoms with E-state index in [1.165, 1.54) is 16.5 Å². The lowest BCUT2D eigenvalue weighted by atomic mass is 10.1. The molecule has 0 unspecified atom stereocenters. The van der Waals surface area contributed by atoms with E-state index in [2.05, 4.69) is 33.0 Å². The maximum absolute atomic E-state index is 5.28. The molecule has 0 bridgehead atoms. The van der Waals surface area contributed by atoms with Gasteiger partial charge in [-0.15, -0.1) is 0 Å². The van der Waals surface area contributed by atoms with Crippen LogP contribution in [0.1, 0.15) is 5.56 Å². The minimum atomic E-state index is 0.790. The molecule has 0 fully saturated rings. The first-order valence-electron chi connectivity index (χ1n) is 6.90. The molecule has 21 heavy (non-hydrogen) atoms. The molecule has 0 atom stereocenters. The Morgan fingerprint density at radius 1 is 1.14 bits per heavy atom. The van der Waals surface area contributed by atoms with Crippen LogP contribution in [0, 0.1) is 0 Å². The van der Waals surface area contributed by atoms with Gasteiger partial charge in [0.2, 0.25) is 0 Å². The van der Waals surface area contributed by atoms with Gasteiger partial charge >= 0.3 is 0 Å². The minimum Gasteiger partial charge on any atom is -0.497 e. The van der Waals surface area contributed by atoms with E-state index in [1.807, 2.05) is 36.5 Å². The summed E-state index contributed by atoms with van der Waals surface area (Å²) < 4.78 is 7.43. The summed E-state index contributed by atoms with van der Waals surface area (Å²) in [6.45, 7) is 0.790. The number of rotatable bonds is 3. The molecule has 0 spiro atoms. The number of nitrogens with zero attached hydrogens (tertiary/aromatic N) is 2. The molecule has 0 saturated heterocycles. The number of para-hydroxylation sites is 1. The smallest absolute Gasteiger partial charge is 0.119 e. The number of pyridine rings is 1. The Balaban J connectivity index is 1.79. The second-order valence-electron chi connectivity index (χ2n) is 5.09. The molecule has 104 valence electrons. The standard InChI is InChI=1S/C17H15N3O/c1-21-13-6-4-5-12(9-13)11-20-17-14-7-2-3-8-15(14)18-10-16(17)19-20/h2-10,19H,11H2,1H3. The quantitative estimate of drug-likeness (QED) is 0.622. The monoisotopic (exact) mass is 277 g/mol. The van der Waals surface area contributed by atoms with Gasteiger partial charge in [0, 0.05) is 5.39 Å². The van der Waals surface area contributed by atoms with Crippen molar-refractivity contribution in [3.63, 3.8) is 0 Å². The molecular formula is C17H15N3O. The highest BCUT2D eigenvalue weighted by molar-refractivity contribution is 6.02. The van der Waals surface area contributed by atoms with Crippen LogP contribution in [-0.4, -0.2) is 21.9 Å². The highest BCUT2D eigenvalue weighted by atomic mass is 16.5. The first kappa shape index (κ1) is 12.0. The third-order valence-electron chi connectivity index (χ3n) is 3.75. The molecule has 4 aromatic rings. The van der Waals surface area contributed by atoms with Crippen LogP contribution in [0.2, 0.25) is 0 Å². The van der Waals surface area contributed by atoms with Crippen LogP contribution in [0.3, 0.4) is 0 Å². The van der Waals surface area contributed by atoms with Gasteiger partial charge in [-0.05, 0) is 23.8 Å². The Labute approximate surface area is 122 Å². The fourth-order valence-corrected chi connectivity index (χ4v) is 2.72. The number of ether oxygens (including phenoxy) is 1. The molecule has 0 saturated carbocycles. The van der Waals surface area contributed by atoms with E-state index < -0.39 is 0 Å². The molecule has 1 N–H and O–H groups in total. The lowest BCUT2D eigenvalue weighted by molar-refractivity contribution is 0.414. The van der Waals surface area contributed by atoms with Crippen LogP contribution in [-0.2, 0) is 6.54 Å². The van der Waals surface area contributed by atoms with Crippen molar-refractivity contribution in [3.05, 3.63) is 60.3 Å². The maximum atomic E-state index is 5.28. The minimum absolute atomic E-state index is 0.790. The topological polar surface area (TPSA) is 42.8 Å². The van der Waals surface area contributed by atoms with Crippen molar-refractivity contribution in [2.45, 2.75) is 6.54 Å². The van der Waals surface area contributed by atoms with E-state index in [0.29, 0.717) is 0 Å². The van der Waals surface area contributed by atoms with Gasteiger partial charge in [0.05, 0.1) is 36.4 Å². The van der Waals surface area contributed by atoms with Gasteiger partial charge < -0.3 is 4.74 Å². The Hall–Kier alpha value is -2.75. The van der Waals surface area contributed by atoms with Crippen molar-refractivity contribution < 1.29 is 4.74 Å². The van der Waals surface area contributed by atoms with E-state index in [-0.39, 0.29) is 0 Å². The average Bonchev–Trinajstić information content (AvgIpc) is 2.51. The summed E-state index contributed by atoms with van der Waals surface area (Å²) in [6.07, 6.45) is 1.89. The number of nitrogens with one attached hydrogen (secondary N) is 1. The second-order valence-corrected chi connectivity index (χ2v) is 5.09. The molecule has 0 radical (unpaired) electrons. The zero-order valence-corrected chi connectivity index (χ0v) is 11.7. The van der Waals surface area contributed by atoms with Crippen LogP contribution >= 0.6 is 0 Å². The molecule has 4 nitrogen and oxygen atoms in total. The zero-order chi connectivity index (χ0) is 14.2. The van der Waals surface area contributed by atoms with Crippen LogP contribution in [0.4, 0.5) is 0 Å². The lowest BCUT2D eigenvalue weighted by Crippen LogP contribution is -2.12. The van der Waals surface area contributed by atoms with Gasteiger partial charge in [-0.25, -0.2) is 0 Å². The molecule has 4 rings (SSSR count). The molecule has 2 heterocycles. The molecule has 4 heteroatoms. The SMILES string of the molecule is COc1cccc(Cn2[nH]c3cnc4ccccc4c32)c1. The summed E-state index contributed by atoms with van der Waals surface area (Å²) >= 11 is 0. The van der Waals surface area contributed by atoms with Crippen molar-refractivity contribution in [1.82, 2.24) is 14.8 Å².